The fourth-order valence-electron chi connectivity index (χ4n) is 2.35. The third-order valence-electron chi connectivity index (χ3n) is 3.88. The van der Waals surface area contributed by atoms with Gasteiger partial charge in [0.1, 0.15) is 11.6 Å². The molecule has 154 valence electrons. The summed E-state index contributed by atoms with van der Waals surface area (Å²) in [6.45, 7) is 2.02. The molecular formula is C20H21FN2O6. The number of esters is 1. The molecule has 2 aromatic rings. The fraction of sp³-hybridized carbons (Fsp3) is 0.300. The predicted molar refractivity (Wildman–Crippen MR) is 103 cm³/mol. The van der Waals surface area contributed by atoms with Gasteiger partial charge >= 0.3 is 5.97 Å². The molecule has 9 heteroatoms. The van der Waals surface area contributed by atoms with Crippen LogP contribution in [0, 0.1) is 15.9 Å². The molecule has 0 saturated heterocycles. The van der Waals surface area contributed by atoms with Crippen molar-refractivity contribution in [2.75, 3.05) is 18.5 Å². The maximum absolute atomic E-state index is 13.7. The van der Waals surface area contributed by atoms with E-state index in [1.807, 2.05) is 0 Å². The molecule has 0 spiro atoms. The van der Waals surface area contributed by atoms with Crippen LogP contribution in [0.4, 0.5) is 15.8 Å². The number of nitro benzene ring substituents is 1. The molecule has 0 radical (unpaired) electrons. The van der Waals surface area contributed by atoms with Crippen LogP contribution in [0.1, 0.15) is 36.5 Å². The van der Waals surface area contributed by atoms with E-state index in [1.54, 1.807) is 12.1 Å². The summed E-state index contributed by atoms with van der Waals surface area (Å²) >= 11 is 0. The van der Waals surface area contributed by atoms with Crippen molar-refractivity contribution in [3.05, 3.63) is 64.0 Å². The molecule has 0 fully saturated rings. The fourth-order valence-corrected chi connectivity index (χ4v) is 2.35. The normalized spacial score (nSPS) is 10.3. The molecule has 0 saturated carbocycles. The Balaban J connectivity index is 1.85. The van der Waals surface area contributed by atoms with Gasteiger partial charge in [-0.1, -0.05) is 19.8 Å². The molecule has 0 aromatic heterocycles. The van der Waals surface area contributed by atoms with E-state index in [0.717, 1.165) is 37.5 Å². The molecule has 0 aliphatic heterocycles. The number of carbonyl (C=O) groups excluding carboxylic acids is 2. The smallest absolute Gasteiger partial charge is 0.338 e. The maximum Gasteiger partial charge on any atom is 0.338 e. The first-order chi connectivity index (χ1) is 13.9. The molecule has 0 unspecified atom stereocenters. The summed E-state index contributed by atoms with van der Waals surface area (Å²) in [6.07, 6.45) is 3.11. The first kappa shape index (κ1) is 21.8. The summed E-state index contributed by atoms with van der Waals surface area (Å²) in [5.74, 6) is -1.79. The van der Waals surface area contributed by atoms with Gasteiger partial charge in [0.05, 0.1) is 22.8 Å². The molecule has 0 aliphatic carbocycles. The molecule has 8 nitrogen and oxygen atoms in total. The number of hydrogen-bond donors (Lipinski definition) is 1. The Morgan fingerprint density at radius 2 is 1.86 bits per heavy atom. The van der Waals surface area contributed by atoms with Crippen LogP contribution in [-0.2, 0) is 9.53 Å². The molecule has 1 N–H and O–H groups in total. The molecule has 1 amide bonds. The molecule has 2 rings (SSSR count). The SMILES string of the molecule is CCCCCOc1ccc(C(=O)OCC(=O)Nc2cc([N+](=O)[O-])ccc2F)cc1. The number of nitrogens with zero attached hydrogens (tertiary/aromatic N) is 1. The minimum Gasteiger partial charge on any atom is -0.494 e. The van der Waals surface area contributed by atoms with E-state index in [0.29, 0.717) is 12.4 Å². The number of rotatable bonds is 10. The summed E-state index contributed by atoms with van der Waals surface area (Å²) in [4.78, 5) is 33.9. The Morgan fingerprint density at radius 1 is 1.14 bits per heavy atom. The lowest BCUT2D eigenvalue weighted by atomic mass is 10.2. The molecule has 0 heterocycles. The highest BCUT2D eigenvalue weighted by atomic mass is 19.1. The number of nitro groups is 1. The van der Waals surface area contributed by atoms with Crippen LogP contribution in [0.2, 0.25) is 0 Å². The van der Waals surface area contributed by atoms with E-state index in [2.05, 4.69) is 12.2 Å². The Hall–Kier alpha value is -3.49. The third-order valence-corrected chi connectivity index (χ3v) is 3.88. The van der Waals surface area contributed by atoms with E-state index < -0.39 is 29.2 Å². The lowest BCUT2D eigenvalue weighted by molar-refractivity contribution is -0.384. The molecule has 0 bridgehead atoms. The molecule has 29 heavy (non-hydrogen) atoms. The van der Waals surface area contributed by atoms with E-state index in [4.69, 9.17) is 9.47 Å². The number of benzene rings is 2. The monoisotopic (exact) mass is 404 g/mol. The quantitative estimate of drug-likeness (QED) is 0.276. The van der Waals surface area contributed by atoms with Crippen molar-refractivity contribution in [2.45, 2.75) is 26.2 Å². The molecular weight excluding hydrogens is 383 g/mol. The maximum atomic E-state index is 13.7. The van der Waals surface area contributed by atoms with Gasteiger partial charge in [0, 0.05) is 12.1 Å². The van der Waals surface area contributed by atoms with E-state index in [-0.39, 0.29) is 16.9 Å². The zero-order valence-electron chi connectivity index (χ0n) is 15.9. The third kappa shape index (κ3) is 6.87. The minimum absolute atomic E-state index is 0.222. The van der Waals surface area contributed by atoms with Gasteiger partial charge in [0.15, 0.2) is 6.61 Å². The number of hydrogen-bond acceptors (Lipinski definition) is 6. The second-order valence-corrected chi connectivity index (χ2v) is 6.13. The van der Waals surface area contributed by atoms with Crippen molar-refractivity contribution in [1.82, 2.24) is 0 Å². The van der Waals surface area contributed by atoms with E-state index in [9.17, 15) is 24.1 Å². The zero-order valence-corrected chi connectivity index (χ0v) is 15.9. The first-order valence-electron chi connectivity index (χ1n) is 9.04. The summed E-state index contributed by atoms with van der Waals surface area (Å²) in [5.41, 5.74) is -0.527. The second-order valence-electron chi connectivity index (χ2n) is 6.13. The van der Waals surface area contributed by atoms with Gasteiger partial charge < -0.3 is 14.8 Å². The summed E-state index contributed by atoms with van der Waals surface area (Å²) in [5, 5.41) is 12.9. The number of anilines is 1. The second kappa shape index (κ2) is 10.7. The topological polar surface area (TPSA) is 108 Å². The number of carbonyl (C=O) groups is 2. The van der Waals surface area contributed by atoms with Gasteiger partial charge in [-0.05, 0) is 36.8 Å². The van der Waals surface area contributed by atoms with E-state index in [1.165, 1.54) is 12.1 Å². The Kier molecular flexibility index (Phi) is 8.08. The highest BCUT2D eigenvalue weighted by Crippen LogP contribution is 2.21. The Bertz CT molecular complexity index is 870. The van der Waals surface area contributed by atoms with Gasteiger partial charge in [-0.15, -0.1) is 0 Å². The van der Waals surface area contributed by atoms with Crippen LogP contribution in [0.5, 0.6) is 5.75 Å². The van der Waals surface area contributed by atoms with Crippen molar-refractivity contribution >= 4 is 23.3 Å². The summed E-state index contributed by atoms with van der Waals surface area (Å²) < 4.78 is 24.1. The lowest BCUT2D eigenvalue weighted by Crippen LogP contribution is -2.21. The van der Waals surface area contributed by atoms with Crippen LogP contribution in [0.25, 0.3) is 0 Å². The summed E-state index contributed by atoms with van der Waals surface area (Å²) in [7, 11) is 0. The average Bonchev–Trinajstić information content (AvgIpc) is 2.71. The van der Waals surface area contributed by atoms with Gasteiger partial charge in [-0.25, -0.2) is 9.18 Å². The van der Waals surface area contributed by atoms with Crippen molar-refractivity contribution in [1.29, 1.82) is 0 Å². The van der Waals surface area contributed by atoms with Crippen molar-refractivity contribution in [3.63, 3.8) is 0 Å². The number of unbranched alkanes of at least 4 members (excludes halogenated alkanes) is 2. The molecule has 2 aromatic carbocycles. The Morgan fingerprint density at radius 3 is 2.52 bits per heavy atom. The largest absolute Gasteiger partial charge is 0.494 e. The zero-order chi connectivity index (χ0) is 21.2. The highest BCUT2D eigenvalue weighted by Gasteiger charge is 2.15. The van der Waals surface area contributed by atoms with Crippen LogP contribution >= 0.6 is 0 Å². The van der Waals surface area contributed by atoms with E-state index >= 15 is 0 Å². The van der Waals surface area contributed by atoms with Crippen LogP contribution in [0.3, 0.4) is 0 Å². The number of halogens is 1. The average molecular weight is 404 g/mol. The number of amides is 1. The number of ether oxygens (including phenoxy) is 2. The number of nitrogens with one attached hydrogen (secondary N) is 1. The first-order valence-corrected chi connectivity index (χ1v) is 9.04. The standard InChI is InChI=1S/C20H21FN2O6/c1-2-3-4-11-28-16-8-5-14(6-9-16)20(25)29-13-19(24)22-18-12-15(23(26)27)7-10-17(18)21/h5-10,12H,2-4,11,13H2,1H3,(H,22,24). The van der Waals surface area contributed by atoms with Crippen molar-refractivity contribution < 1.29 is 28.4 Å². The van der Waals surface area contributed by atoms with Crippen LogP contribution < -0.4 is 10.1 Å². The van der Waals surface area contributed by atoms with Gasteiger partial charge in [-0.3, -0.25) is 14.9 Å². The van der Waals surface area contributed by atoms with Gasteiger partial charge in [0.2, 0.25) is 0 Å². The molecule has 0 aliphatic rings. The number of non-ortho nitro benzene ring substituents is 1. The minimum atomic E-state index is -0.843. The van der Waals surface area contributed by atoms with Crippen LogP contribution in [-0.4, -0.2) is 30.0 Å². The Labute approximate surface area is 166 Å². The summed E-state index contributed by atoms with van der Waals surface area (Å²) in [6, 6.07) is 9.00. The highest BCUT2D eigenvalue weighted by molar-refractivity contribution is 5.95. The van der Waals surface area contributed by atoms with Gasteiger partial charge in [-0.2, -0.15) is 0 Å². The van der Waals surface area contributed by atoms with Crippen molar-refractivity contribution in [2.24, 2.45) is 0 Å². The van der Waals surface area contributed by atoms with Crippen LogP contribution in [0.15, 0.2) is 42.5 Å². The molecule has 0 atom stereocenters. The van der Waals surface area contributed by atoms with Gasteiger partial charge in [0.25, 0.3) is 11.6 Å². The predicted octanol–water partition coefficient (Wildman–Crippen LogP) is 4.10. The van der Waals surface area contributed by atoms with Crippen molar-refractivity contribution in [3.8, 4) is 5.75 Å². The lowest BCUT2D eigenvalue weighted by Gasteiger charge is -2.08.